The zero-order valence-corrected chi connectivity index (χ0v) is 5.76. The van der Waals surface area contributed by atoms with Crippen molar-refractivity contribution in [2.24, 2.45) is 0 Å². The average Bonchev–Trinajstić information content (AvgIpc) is 2.40. The van der Waals surface area contributed by atoms with E-state index in [4.69, 9.17) is 0 Å². The first-order valence-electron chi connectivity index (χ1n) is 2.44. The highest BCUT2D eigenvalue weighted by Gasteiger charge is 2.00. The molecule has 0 aliphatic carbocycles. The standard InChI is InChI=1S/C4H5N3O2S/c8-4(7-10)9-3-1-2-5-6-3/h1-2,10H,(H,5,6)(H,7,8). The predicted octanol–water partition coefficient (Wildman–Crippen LogP) is 0.343. The molecule has 6 heteroatoms. The van der Waals surface area contributed by atoms with E-state index in [2.05, 4.69) is 27.7 Å². The number of ether oxygens (including phenoxy) is 1. The Morgan fingerprint density at radius 1 is 1.90 bits per heavy atom. The van der Waals surface area contributed by atoms with Gasteiger partial charge < -0.3 is 4.74 Å². The molecule has 1 heterocycles. The lowest BCUT2D eigenvalue weighted by Gasteiger charge is -1.96. The van der Waals surface area contributed by atoms with Crippen LogP contribution in [0.25, 0.3) is 0 Å². The Kier molecular flexibility index (Phi) is 2.16. The fourth-order valence-electron chi connectivity index (χ4n) is 0.423. The Morgan fingerprint density at radius 2 is 2.70 bits per heavy atom. The number of hydrogen-bond acceptors (Lipinski definition) is 4. The zero-order valence-electron chi connectivity index (χ0n) is 4.87. The van der Waals surface area contributed by atoms with Gasteiger partial charge in [0.15, 0.2) is 0 Å². The van der Waals surface area contributed by atoms with E-state index in [0.29, 0.717) is 0 Å². The largest absolute Gasteiger partial charge is 0.423 e. The highest BCUT2D eigenvalue weighted by atomic mass is 32.1. The van der Waals surface area contributed by atoms with Crippen LogP contribution in [0, 0.1) is 0 Å². The van der Waals surface area contributed by atoms with Gasteiger partial charge in [0, 0.05) is 6.07 Å². The van der Waals surface area contributed by atoms with E-state index in [0.717, 1.165) is 0 Å². The van der Waals surface area contributed by atoms with Crippen molar-refractivity contribution < 1.29 is 9.53 Å². The smallest absolute Gasteiger partial charge is 0.391 e. The molecule has 0 aliphatic rings. The third kappa shape index (κ3) is 1.66. The summed E-state index contributed by atoms with van der Waals surface area (Å²) < 4.78 is 6.55. The van der Waals surface area contributed by atoms with Crippen molar-refractivity contribution in [1.82, 2.24) is 14.9 Å². The minimum Gasteiger partial charge on any atom is -0.391 e. The van der Waals surface area contributed by atoms with Crippen LogP contribution in [0.1, 0.15) is 0 Å². The zero-order chi connectivity index (χ0) is 7.40. The SMILES string of the molecule is O=C(NS)Oc1ccn[nH]1. The number of carbonyl (C=O) groups is 1. The van der Waals surface area contributed by atoms with Crippen LogP contribution in [0.4, 0.5) is 4.79 Å². The number of rotatable bonds is 1. The van der Waals surface area contributed by atoms with Crippen LogP contribution in [0.5, 0.6) is 5.88 Å². The second-order valence-electron chi connectivity index (χ2n) is 1.42. The second kappa shape index (κ2) is 3.11. The first-order chi connectivity index (χ1) is 4.83. The lowest BCUT2D eigenvalue weighted by atomic mass is 10.7. The van der Waals surface area contributed by atoms with E-state index in [1.54, 1.807) is 0 Å². The van der Waals surface area contributed by atoms with E-state index in [-0.39, 0.29) is 5.88 Å². The molecule has 0 fully saturated rings. The van der Waals surface area contributed by atoms with E-state index < -0.39 is 6.09 Å². The van der Waals surface area contributed by atoms with E-state index >= 15 is 0 Å². The van der Waals surface area contributed by atoms with Crippen LogP contribution in [0.2, 0.25) is 0 Å². The highest BCUT2D eigenvalue weighted by molar-refractivity contribution is 7.78. The van der Waals surface area contributed by atoms with Crippen molar-refractivity contribution in [3.05, 3.63) is 12.3 Å². The van der Waals surface area contributed by atoms with E-state index in [1.807, 2.05) is 4.72 Å². The molecule has 5 nitrogen and oxygen atoms in total. The minimum atomic E-state index is -0.646. The van der Waals surface area contributed by atoms with Gasteiger partial charge in [0.2, 0.25) is 5.88 Å². The normalized spacial score (nSPS) is 8.90. The number of nitrogens with one attached hydrogen (secondary N) is 2. The summed E-state index contributed by atoms with van der Waals surface area (Å²) >= 11 is 3.47. The predicted molar refractivity (Wildman–Crippen MR) is 36.7 cm³/mol. The summed E-state index contributed by atoms with van der Waals surface area (Å²) in [5, 5.41) is 5.99. The fraction of sp³-hybridized carbons (Fsp3) is 0. The lowest BCUT2D eigenvalue weighted by molar-refractivity contribution is 0.206. The van der Waals surface area contributed by atoms with Crippen LogP contribution < -0.4 is 9.46 Å². The fourth-order valence-corrected chi connectivity index (χ4v) is 0.468. The van der Waals surface area contributed by atoms with Crippen LogP contribution >= 0.6 is 12.8 Å². The van der Waals surface area contributed by atoms with E-state index in [1.165, 1.54) is 12.3 Å². The molecule has 0 aromatic carbocycles. The molecule has 0 bridgehead atoms. The third-order valence-electron chi connectivity index (χ3n) is 0.769. The lowest BCUT2D eigenvalue weighted by Crippen LogP contribution is -2.17. The number of carbonyl (C=O) groups excluding carboxylic acids is 1. The van der Waals surface area contributed by atoms with Crippen LogP contribution in [0.15, 0.2) is 12.3 Å². The molecular weight excluding hydrogens is 154 g/mol. The number of aromatic nitrogens is 2. The molecular formula is C4H5N3O2S. The van der Waals surface area contributed by atoms with Gasteiger partial charge in [-0.2, -0.15) is 5.10 Å². The van der Waals surface area contributed by atoms with Gasteiger partial charge in [-0.3, -0.25) is 4.72 Å². The first kappa shape index (κ1) is 6.94. The summed E-state index contributed by atoms with van der Waals surface area (Å²) in [5.41, 5.74) is 0. The average molecular weight is 159 g/mol. The minimum absolute atomic E-state index is 0.284. The molecule has 1 aromatic heterocycles. The molecule has 0 spiro atoms. The molecule has 0 unspecified atom stereocenters. The van der Waals surface area contributed by atoms with Gasteiger partial charge in [-0.15, -0.1) is 0 Å². The van der Waals surface area contributed by atoms with E-state index in [9.17, 15) is 4.79 Å². The quantitative estimate of drug-likeness (QED) is 0.518. The Hall–Kier alpha value is -1.17. The molecule has 54 valence electrons. The number of nitrogens with zero attached hydrogens (tertiary/aromatic N) is 1. The Labute approximate surface area is 62.3 Å². The van der Waals surface area contributed by atoms with Gasteiger partial charge >= 0.3 is 6.09 Å². The monoisotopic (exact) mass is 159 g/mol. The Bertz CT molecular complexity index is 210. The van der Waals surface area contributed by atoms with Crippen LogP contribution in [0.3, 0.4) is 0 Å². The second-order valence-corrected chi connectivity index (χ2v) is 1.65. The van der Waals surface area contributed by atoms with Crippen LogP contribution in [-0.4, -0.2) is 16.3 Å². The van der Waals surface area contributed by atoms with Gasteiger partial charge in [0.1, 0.15) is 0 Å². The molecule has 0 radical (unpaired) electrons. The molecule has 2 N–H and O–H groups in total. The molecule has 0 aliphatic heterocycles. The van der Waals surface area contributed by atoms with Gasteiger partial charge in [0.25, 0.3) is 0 Å². The summed E-state index contributed by atoms with van der Waals surface area (Å²) in [6.07, 6.45) is 0.828. The summed E-state index contributed by atoms with van der Waals surface area (Å²) in [7, 11) is 0. The summed E-state index contributed by atoms with van der Waals surface area (Å²) in [6.45, 7) is 0. The topological polar surface area (TPSA) is 67.0 Å². The Morgan fingerprint density at radius 3 is 3.20 bits per heavy atom. The molecule has 10 heavy (non-hydrogen) atoms. The number of aromatic amines is 1. The van der Waals surface area contributed by atoms with Gasteiger partial charge in [0.05, 0.1) is 6.20 Å². The summed E-state index contributed by atoms with van der Waals surface area (Å²) in [6, 6.07) is 1.52. The molecule has 1 amide bonds. The Balaban J connectivity index is 2.48. The summed E-state index contributed by atoms with van der Waals surface area (Å²) in [4.78, 5) is 10.4. The maximum atomic E-state index is 10.4. The summed E-state index contributed by atoms with van der Waals surface area (Å²) in [5.74, 6) is 0.284. The van der Waals surface area contributed by atoms with Crippen molar-refractivity contribution in [2.45, 2.75) is 0 Å². The number of thiol groups is 1. The molecule has 1 rings (SSSR count). The van der Waals surface area contributed by atoms with Gasteiger partial charge in [-0.05, 0) is 0 Å². The van der Waals surface area contributed by atoms with Gasteiger partial charge in [-0.25, -0.2) is 9.89 Å². The highest BCUT2D eigenvalue weighted by Crippen LogP contribution is 2.01. The van der Waals surface area contributed by atoms with Crippen molar-refractivity contribution in [3.8, 4) is 5.88 Å². The number of amides is 1. The first-order valence-corrected chi connectivity index (χ1v) is 2.89. The molecule has 1 aromatic rings. The third-order valence-corrected chi connectivity index (χ3v) is 0.952. The molecule has 0 saturated heterocycles. The van der Waals surface area contributed by atoms with Crippen molar-refractivity contribution in [3.63, 3.8) is 0 Å². The van der Waals surface area contributed by atoms with Crippen molar-refractivity contribution in [1.29, 1.82) is 0 Å². The van der Waals surface area contributed by atoms with Gasteiger partial charge in [-0.1, -0.05) is 12.8 Å². The number of hydrogen-bond donors (Lipinski definition) is 3. The maximum absolute atomic E-state index is 10.4. The molecule has 0 saturated carbocycles. The van der Waals surface area contributed by atoms with Crippen LogP contribution in [-0.2, 0) is 0 Å². The maximum Gasteiger partial charge on any atom is 0.423 e. The van der Waals surface area contributed by atoms with Crippen molar-refractivity contribution in [2.75, 3.05) is 0 Å². The molecule has 0 atom stereocenters. The van der Waals surface area contributed by atoms with Crippen molar-refractivity contribution >= 4 is 18.9 Å². The number of H-pyrrole nitrogens is 1.